The third-order valence-corrected chi connectivity index (χ3v) is 5.00. The Balaban J connectivity index is 2.20. The van der Waals surface area contributed by atoms with Crippen LogP contribution in [0.5, 0.6) is 0 Å². The standard InChI is InChI=1S/C17H19Cl2N5O3/c1-22-14-13(15(25)23(2)17(22)26)24(16(21-14)20-6-7-27-3)9-10-4-5-11(18)12(19)8-10/h4-5,8H,6-7,9H2,1-3H3,(H,20,21). The molecular formula is C17H19Cl2N5O3. The van der Waals surface area contributed by atoms with Crippen LogP contribution < -0.4 is 16.6 Å². The van der Waals surface area contributed by atoms with Crippen LogP contribution in [-0.4, -0.2) is 38.9 Å². The van der Waals surface area contributed by atoms with Gasteiger partial charge in [0.15, 0.2) is 11.2 Å². The van der Waals surface area contributed by atoms with Crippen LogP contribution in [0.2, 0.25) is 10.0 Å². The van der Waals surface area contributed by atoms with E-state index in [1.54, 1.807) is 30.9 Å². The van der Waals surface area contributed by atoms with Crippen molar-refractivity contribution in [2.75, 3.05) is 25.6 Å². The van der Waals surface area contributed by atoms with Crippen molar-refractivity contribution >= 4 is 40.3 Å². The molecule has 0 aliphatic carbocycles. The number of nitrogens with zero attached hydrogens (tertiary/aromatic N) is 4. The second-order valence-electron chi connectivity index (χ2n) is 6.07. The molecule has 0 radical (unpaired) electrons. The summed E-state index contributed by atoms with van der Waals surface area (Å²) in [6.45, 7) is 1.29. The number of fused-ring (bicyclic) bond motifs is 1. The summed E-state index contributed by atoms with van der Waals surface area (Å²) in [4.78, 5) is 29.5. The van der Waals surface area contributed by atoms with Gasteiger partial charge in [-0.1, -0.05) is 29.3 Å². The second-order valence-corrected chi connectivity index (χ2v) is 6.88. The number of methoxy groups -OCH3 is 1. The molecule has 27 heavy (non-hydrogen) atoms. The first-order valence-corrected chi connectivity index (χ1v) is 8.93. The van der Waals surface area contributed by atoms with Gasteiger partial charge in [-0.25, -0.2) is 4.79 Å². The lowest BCUT2D eigenvalue weighted by atomic mass is 10.2. The van der Waals surface area contributed by atoms with E-state index < -0.39 is 11.2 Å². The molecule has 0 aliphatic heterocycles. The highest BCUT2D eigenvalue weighted by Gasteiger charge is 2.19. The van der Waals surface area contributed by atoms with Crippen molar-refractivity contribution in [2.24, 2.45) is 14.1 Å². The highest BCUT2D eigenvalue weighted by Crippen LogP contribution is 2.24. The Morgan fingerprint density at radius 3 is 2.56 bits per heavy atom. The summed E-state index contributed by atoms with van der Waals surface area (Å²) in [6.07, 6.45) is 0. The van der Waals surface area contributed by atoms with Gasteiger partial charge in [0.05, 0.1) is 23.2 Å². The number of ether oxygens (including phenoxy) is 1. The van der Waals surface area contributed by atoms with E-state index in [9.17, 15) is 9.59 Å². The molecule has 0 atom stereocenters. The van der Waals surface area contributed by atoms with Crippen LogP contribution in [0.1, 0.15) is 5.56 Å². The average Bonchev–Trinajstić information content (AvgIpc) is 3.00. The molecule has 144 valence electrons. The van der Waals surface area contributed by atoms with Crippen molar-refractivity contribution < 1.29 is 4.74 Å². The smallest absolute Gasteiger partial charge is 0.332 e. The molecular weight excluding hydrogens is 393 g/mol. The van der Waals surface area contributed by atoms with E-state index in [1.165, 1.54) is 11.6 Å². The molecule has 0 spiro atoms. The van der Waals surface area contributed by atoms with Gasteiger partial charge in [0.25, 0.3) is 5.56 Å². The summed E-state index contributed by atoms with van der Waals surface area (Å²) >= 11 is 12.1. The van der Waals surface area contributed by atoms with E-state index >= 15 is 0 Å². The predicted molar refractivity (Wildman–Crippen MR) is 106 cm³/mol. The van der Waals surface area contributed by atoms with Crippen molar-refractivity contribution in [2.45, 2.75) is 6.54 Å². The number of hydrogen-bond donors (Lipinski definition) is 1. The number of benzene rings is 1. The lowest BCUT2D eigenvalue weighted by Gasteiger charge is -2.11. The highest BCUT2D eigenvalue weighted by molar-refractivity contribution is 6.42. The monoisotopic (exact) mass is 411 g/mol. The zero-order valence-corrected chi connectivity index (χ0v) is 16.6. The maximum absolute atomic E-state index is 12.8. The summed E-state index contributed by atoms with van der Waals surface area (Å²) < 4.78 is 9.20. The summed E-state index contributed by atoms with van der Waals surface area (Å²) in [5.41, 5.74) is 0.624. The van der Waals surface area contributed by atoms with Crippen LogP contribution in [0, 0.1) is 0 Å². The Morgan fingerprint density at radius 2 is 1.89 bits per heavy atom. The summed E-state index contributed by atoms with van der Waals surface area (Å²) in [7, 11) is 4.62. The third kappa shape index (κ3) is 3.60. The van der Waals surface area contributed by atoms with Crippen molar-refractivity contribution in [3.05, 3.63) is 54.6 Å². The Hall–Kier alpha value is -2.29. The summed E-state index contributed by atoms with van der Waals surface area (Å²) in [6, 6.07) is 5.26. The minimum atomic E-state index is -0.435. The van der Waals surface area contributed by atoms with Crippen molar-refractivity contribution in [3.8, 4) is 0 Å². The molecule has 2 aromatic heterocycles. The average molecular weight is 412 g/mol. The van der Waals surface area contributed by atoms with Gasteiger partial charge in [-0.2, -0.15) is 4.98 Å². The van der Waals surface area contributed by atoms with Gasteiger partial charge in [0.1, 0.15) is 0 Å². The number of halogens is 2. The second kappa shape index (κ2) is 7.75. The first kappa shape index (κ1) is 19.5. The van der Waals surface area contributed by atoms with Crippen LogP contribution in [0.4, 0.5) is 5.95 Å². The lowest BCUT2D eigenvalue weighted by Crippen LogP contribution is -2.37. The number of hydrogen-bond acceptors (Lipinski definition) is 5. The Labute approximate surface area is 164 Å². The van der Waals surface area contributed by atoms with Gasteiger partial charge in [-0.15, -0.1) is 0 Å². The molecule has 0 aliphatic rings. The molecule has 3 aromatic rings. The Morgan fingerprint density at radius 1 is 1.15 bits per heavy atom. The van der Waals surface area contributed by atoms with Gasteiger partial charge in [0.2, 0.25) is 5.95 Å². The molecule has 0 bridgehead atoms. The van der Waals surface area contributed by atoms with Gasteiger partial charge >= 0.3 is 5.69 Å². The summed E-state index contributed by atoms with van der Waals surface area (Å²) in [5, 5.41) is 4.02. The van der Waals surface area contributed by atoms with Crippen LogP contribution in [-0.2, 0) is 25.4 Å². The fraction of sp³-hybridized carbons (Fsp3) is 0.353. The zero-order chi connectivity index (χ0) is 19.7. The minimum Gasteiger partial charge on any atom is -0.383 e. The maximum atomic E-state index is 12.8. The molecule has 0 saturated carbocycles. The molecule has 0 fully saturated rings. The molecule has 2 heterocycles. The highest BCUT2D eigenvalue weighted by atomic mass is 35.5. The quantitative estimate of drug-likeness (QED) is 0.625. The van der Waals surface area contributed by atoms with Crippen LogP contribution in [0.3, 0.4) is 0 Å². The van der Waals surface area contributed by atoms with E-state index in [1.807, 2.05) is 6.07 Å². The van der Waals surface area contributed by atoms with Crippen molar-refractivity contribution in [3.63, 3.8) is 0 Å². The SMILES string of the molecule is COCCNc1nc2c(c(=O)n(C)c(=O)n2C)n1Cc1ccc(Cl)c(Cl)c1. The van der Waals surface area contributed by atoms with Gasteiger partial charge in [0, 0.05) is 27.7 Å². The molecule has 8 nitrogen and oxygen atoms in total. The fourth-order valence-electron chi connectivity index (χ4n) is 2.82. The number of imidazole rings is 1. The van der Waals surface area contributed by atoms with E-state index in [2.05, 4.69) is 10.3 Å². The van der Waals surface area contributed by atoms with E-state index in [0.29, 0.717) is 46.9 Å². The number of nitrogens with one attached hydrogen (secondary N) is 1. The van der Waals surface area contributed by atoms with Crippen LogP contribution in [0.25, 0.3) is 11.2 Å². The molecule has 10 heteroatoms. The van der Waals surface area contributed by atoms with Gasteiger partial charge < -0.3 is 10.1 Å². The fourth-order valence-corrected chi connectivity index (χ4v) is 3.14. The van der Waals surface area contributed by atoms with Crippen molar-refractivity contribution in [1.82, 2.24) is 18.7 Å². The third-order valence-electron chi connectivity index (χ3n) is 4.26. The Bertz CT molecular complexity index is 1120. The van der Waals surface area contributed by atoms with Gasteiger partial charge in [-0.05, 0) is 17.7 Å². The van der Waals surface area contributed by atoms with Crippen LogP contribution >= 0.6 is 23.2 Å². The lowest BCUT2D eigenvalue weighted by molar-refractivity contribution is 0.210. The molecule has 0 amide bonds. The zero-order valence-electron chi connectivity index (χ0n) is 15.1. The minimum absolute atomic E-state index is 0.308. The normalized spacial score (nSPS) is 11.3. The summed E-state index contributed by atoms with van der Waals surface area (Å²) in [5.74, 6) is 0.464. The number of anilines is 1. The van der Waals surface area contributed by atoms with Gasteiger partial charge in [-0.3, -0.25) is 18.5 Å². The first-order chi connectivity index (χ1) is 12.8. The maximum Gasteiger partial charge on any atom is 0.332 e. The molecule has 0 saturated heterocycles. The van der Waals surface area contributed by atoms with E-state index in [0.717, 1.165) is 10.1 Å². The number of aromatic nitrogens is 4. The van der Waals surface area contributed by atoms with E-state index in [4.69, 9.17) is 27.9 Å². The number of aryl methyl sites for hydroxylation is 1. The molecule has 0 unspecified atom stereocenters. The number of rotatable bonds is 6. The molecule has 3 rings (SSSR count). The van der Waals surface area contributed by atoms with E-state index in [-0.39, 0.29) is 0 Å². The molecule has 1 aromatic carbocycles. The van der Waals surface area contributed by atoms with Crippen LogP contribution in [0.15, 0.2) is 27.8 Å². The topological polar surface area (TPSA) is 83.1 Å². The molecule has 1 N–H and O–H groups in total. The largest absolute Gasteiger partial charge is 0.383 e. The first-order valence-electron chi connectivity index (χ1n) is 8.18. The Kier molecular flexibility index (Phi) is 5.59. The predicted octanol–water partition coefficient (Wildman–Crippen LogP) is 1.85. The van der Waals surface area contributed by atoms with Crippen molar-refractivity contribution in [1.29, 1.82) is 0 Å².